The highest BCUT2D eigenvalue weighted by Crippen LogP contribution is 2.34. The molecule has 5 N–H and O–H groups in total. The van der Waals surface area contributed by atoms with Gasteiger partial charge in [-0.1, -0.05) is 25.1 Å². The normalized spacial score (nSPS) is 17.1. The quantitative estimate of drug-likeness (QED) is 0.103. The molecule has 1 aliphatic carbocycles. The van der Waals surface area contributed by atoms with Crippen molar-refractivity contribution in [1.82, 2.24) is 29.2 Å². The predicted octanol–water partition coefficient (Wildman–Crippen LogP) is 4.14. The van der Waals surface area contributed by atoms with Crippen molar-refractivity contribution in [3.63, 3.8) is 0 Å². The van der Waals surface area contributed by atoms with Crippen LogP contribution in [0.1, 0.15) is 44.9 Å². The zero-order valence-electron chi connectivity index (χ0n) is 32.9. The predicted molar refractivity (Wildman–Crippen MR) is 234 cm³/mol. The van der Waals surface area contributed by atoms with Crippen molar-refractivity contribution in [3.05, 3.63) is 71.5 Å². The molecule has 16 nitrogen and oxygen atoms in total. The van der Waals surface area contributed by atoms with E-state index in [-0.39, 0.29) is 29.0 Å². The van der Waals surface area contributed by atoms with E-state index in [9.17, 15) is 27.0 Å². The first-order valence-corrected chi connectivity index (χ1v) is 24.1. The van der Waals surface area contributed by atoms with Crippen molar-refractivity contribution in [1.29, 1.82) is 0 Å². The maximum Gasteiger partial charge on any atom is 0.215 e. The fraction of sp³-hybridized carbons (Fsp3) is 0.385. The van der Waals surface area contributed by atoms with Gasteiger partial charge in [-0.05, 0) is 96.0 Å². The van der Waals surface area contributed by atoms with Gasteiger partial charge in [0.05, 0.1) is 45.3 Å². The Morgan fingerprint density at radius 2 is 1.49 bits per heavy atom. The average Bonchev–Trinajstić information content (AvgIpc) is 3.96. The van der Waals surface area contributed by atoms with E-state index in [0.29, 0.717) is 61.3 Å². The van der Waals surface area contributed by atoms with Crippen molar-refractivity contribution < 1.29 is 27.0 Å². The third kappa shape index (κ3) is 8.24. The molecule has 1 saturated heterocycles. The summed E-state index contributed by atoms with van der Waals surface area (Å²) in [5.74, 6) is 2.31. The first kappa shape index (κ1) is 41.0. The van der Waals surface area contributed by atoms with Gasteiger partial charge in [-0.15, -0.1) is 0 Å². The number of nitrogens with one attached hydrogen (secondary N) is 3. The Balaban J connectivity index is 1.21. The smallest absolute Gasteiger partial charge is 0.215 e. The van der Waals surface area contributed by atoms with E-state index in [1.165, 1.54) is 18.4 Å². The summed E-state index contributed by atoms with van der Waals surface area (Å²) >= 11 is 3.58. The third-order valence-corrected chi connectivity index (χ3v) is 14.3. The van der Waals surface area contributed by atoms with Crippen LogP contribution in [-0.2, 0) is 19.7 Å². The van der Waals surface area contributed by atoms with Crippen LogP contribution in [-0.4, -0.2) is 107 Å². The molecule has 0 spiro atoms. The molecule has 1 saturated carbocycles. The van der Waals surface area contributed by atoms with E-state index in [0.717, 1.165) is 57.7 Å². The van der Waals surface area contributed by atoms with Crippen molar-refractivity contribution in [2.45, 2.75) is 73.1 Å². The Hall–Kier alpha value is -4.76. The van der Waals surface area contributed by atoms with Gasteiger partial charge in [0.2, 0.25) is 6.71 Å². The first-order valence-electron chi connectivity index (χ1n) is 19.5. The van der Waals surface area contributed by atoms with Gasteiger partial charge in [0.15, 0.2) is 31.0 Å². The van der Waals surface area contributed by atoms with Gasteiger partial charge >= 0.3 is 0 Å². The average molecular weight is 906 g/mol. The standard InChI is InChI=1S/C39H46BBrN10O6S2/c1-40(30-21-42-50-35(44-25-9-12-28(13-10-25)58(2,54)55)19-33(46-37(30)50)48-39(24-53)15-5-6-16-39)29-18-26(11-14-32(29)59(3,56)57)45-36-20-34(47-38-31(41)22-43-51(36)38)49-17-7-4-8-27(49)23-52/h9-14,18-22,27,44-45,52-53H,4-8,15-17,23-24H2,1-3H3,(H,46,48). The maximum absolute atomic E-state index is 13.4. The number of hydrogen-bond donors (Lipinski definition) is 5. The van der Waals surface area contributed by atoms with Crippen LogP contribution in [0, 0.1) is 0 Å². The van der Waals surface area contributed by atoms with Crippen LogP contribution in [0.5, 0.6) is 0 Å². The third-order valence-electron chi connectivity index (χ3n) is 11.5. The summed E-state index contributed by atoms with van der Waals surface area (Å²) in [5, 5.41) is 40.3. The number of benzene rings is 2. The largest absolute Gasteiger partial charge is 0.394 e. The monoisotopic (exact) mass is 904 g/mol. The minimum atomic E-state index is -3.71. The molecule has 1 unspecified atom stereocenters. The van der Waals surface area contributed by atoms with Crippen LogP contribution in [0.15, 0.2) is 81.3 Å². The van der Waals surface area contributed by atoms with Crippen LogP contribution in [0.2, 0.25) is 6.82 Å². The molecule has 0 radical (unpaired) electrons. The Kier molecular flexibility index (Phi) is 11.1. The van der Waals surface area contributed by atoms with E-state index in [4.69, 9.17) is 15.1 Å². The molecule has 6 aromatic rings. The van der Waals surface area contributed by atoms with Gasteiger partial charge < -0.3 is 31.1 Å². The van der Waals surface area contributed by atoms with E-state index >= 15 is 0 Å². The van der Waals surface area contributed by atoms with Crippen LogP contribution in [0.25, 0.3) is 11.3 Å². The van der Waals surface area contributed by atoms with Crippen molar-refractivity contribution in [2.24, 2.45) is 0 Å². The van der Waals surface area contributed by atoms with E-state index in [1.54, 1.807) is 51.8 Å². The fourth-order valence-corrected chi connectivity index (χ4v) is 10.2. The number of hydrogen-bond acceptors (Lipinski definition) is 14. The molecule has 8 rings (SSSR count). The number of aliphatic hydroxyl groups is 2. The summed E-state index contributed by atoms with van der Waals surface area (Å²) in [6, 6.07) is 15.2. The van der Waals surface area contributed by atoms with Gasteiger partial charge in [-0.25, -0.2) is 26.8 Å². The number of anilines is 6. The van der Waals surface area contributed by atoms with Gasteiger partial charge in [0.25, 0.3) is 0 Å². The molecular weight excluding hydrogens is 859 g/mol. The summed E-state index contributed by atoms with van der Waals surface area (Å²) < 4.78 is 55.1. The second kappa shape index (κ2) is 16.0. The number of fused-ring (bicyclic) bond motifs is 2. The van der Waals surface area contributed by atoms with Gasteiger partial charge in [-0.3, -0.25) is 0 Å². The Morgan fingerprint density at radius 3 is 2.19 bits per heavy atom. The van der Waals surface area contributed by atoms with Gasteiger partial charge in [0.1, 0.15) is 23.3 Å². The number of aromatic nitrogens is 6. The highest BCUT2D eigenvalue weighted by atomic mass is 79.9. The summed E-state index contributed by atoms with van der Waals surface area (Å²) in [6.45, 7) is 2.07. The minimum Gasteiger partial charge on any atom is -0.394 e. The number of halogens is 1. The highest BCUT2D eigenvalue weighted by molar-refractivity contribution is 9.10. The van der Waals surface area contributed by atoms with Crippen LogP contribution in [0.4, 0.5) is 34.6 Å². The van der Waals surface area contributed by atoms with E-state index in [2.05, 4.69) is 41.9 Å². The second-order valence-electron chi connectivity index (χ2n) is 15.7. The maximum atomic E-state index is 13.4. The number of aliphatic hydroxyl groups excluding tert-OH is 2. The topological polar surface area (TPSA) is 208 Å². The molecular formula is C39H46BBrN10O6S2. The summed E-state index contributed by atoms with van der Waals surface area (Å²) in [6.07, 6.45) is 12.0. The molecule has 0 bridgehead atoms. The second-order valence-corrected chi connectivity index (χ2v) is 20.5. The molecule has 2 aliphatic rings. The lowest BCUT2D eigenvalue weighted by Gasteiger charge is -2.35. The molecule has 1 aliphatic heterocycles. The Bertz CT molecular complexity index is 2760. The zero-order valence-corrected chi connectivity index (χ0v) is 36.1. The van der Waals surface area contributed by atoms with Gasteiger partial charge in [0, 0.05) is 48.8 Å². The molecule has 59 heavy (non-hydrogen) atoms. The number of piperidine rings is 1. The number of sulfone groups is 2. The van der Waals surface area contributed by atoms with E-state index < -0.39 is 31.9 Å². The fourth-order valence-electron chi connectivity index (χ4n) is 8.29. The SMILES string of the molecule is CB(c1cc(Nc2cc(N3CCCCC3CO)nc3c(Br)cnn23)ccc1S(C)(=O)=O)c1cnn2c(Nc3ccc(S(C)(=O)=O)cc3)cc(NC3(CO)CCCC3)nc12. The Labute approximate surface area is 351 Å². The molecule has 20 heteroatoms. The van der Waals surface area contributed by atoms with E-state index in [1.807, 2.05) is 19.0 Å². The summed E-state index contributed by atoms with van der Waals surface area (Å²) in [4.78, 5) is 12.4. The minimum absolute atomic E-state index is 0.0125. The lowest BCUT2D eigenvalue weighted by atomic mass is 9.43. The van der Waals surface area contributed by atoms with Crippen LogP contribution in [0.3, 0.4) is 0 Å². The van der Waals surface area contributed by atoms with Crippen LogP contribution < -0.4 is 31.8 Å². The molecule has 5 heterocycles. The number of nitrogens with zero attached hydrogens (tertiary/aromatic N) is 7. The summed E-state index contributed by atoms with van der Waals surface area (Å²) in [7, 11) is -7.11. The van der Waals surface area contributed by atoms with Crippen LogP contribution >= 0.6 is 15.9 Å². The molecule has 310 valence electrons. The molecule has 2 fully saturated rings. The van der Waals surface area contributed by atoms with Gasteiger partial charge in [-0.2, -0.15) is 19.2 Å². The lowest BCUT2D eigenvalue weighted by molar-refractivity contribution is 0.214. The first-order chi connectivity index (χ1) is 28.2. The van der Waals surface area contributed by atoms with Crippen molar-refractivity contribution >= 4 is 99.2 Å². The number of rotatable bonds is 13. The summed E-state index contributed by atoms with van der Waals surface area (Å²) in [5.41, 5.74) is 2.89. The molecule has 2 aromatic carbocycles. The van der Waals surface area contributed by atoms with Crippen molar-refractivity contribution in [3.8, 4) is 0 Å². The lowest BCUT2D eigenvalue weighted by Crippen LogP contribution is -2.42. The van der Waals surface area contributed by atoms with Crippen molar-refractivity contribution in [2.75, 3.05) is 53.1 Å². The Morgan fingerprint density at radius 1 is 0.814 bits per heavy atom. The molecule has 4 aromatic heterocycles. The zero-order chi connectivity index (χ0) is 41.7. The molecule has 0 amide bonds. The molecule has 1 atom stereocenters. The highest BCUT2D eigenvalue weighted by Gasteiger charge is 2.34.